The van der Waals surface area contributed by atoms with Crippen molar-refractivity contribution in [2.24, 2.45) is 0 Å². The summed E-state index contributed by atoms with van der Waals surface area (Å²) in [5.74, 6) is -0.0482. The highest BCUT2D eigenvalue weighted by Crippen LogP contribution is 2.20. The van der Waals surface area contributed by atoms with Crippen molar-refractivity contribution in [3.05, 3.63) is 76.1 Å². The first-order chi connectivity index (χ1) is 13.8. The maximum absolute atomic E-state index is 12.6. The number of nitrogens with zero attached hydrogens (tertiary/aromatic N) is 3. The predicted octanol–water partition coefficient (Wildman–Crippen LogP) is 4.43. The normalized spacial score (nSPS) is 11.1. The van der Waals surface area contributed by atoms with Crippen molar-refractivity contribution in [3.8, 4) is 5.69 Å². The van der Waals surface area contributed by atoms with Crippen LogP contribution in [0.1, 0.15) is 22.5 Å². The maximum Gasteiger partial charge on any atom is 0.228 e. The quantitative estimate of drug-likeness (QED) is 0.627. The van der Waals surface area contributed by atoms with Crippen LogP contribution in [-0.2, 0) is 17.6 Å². The monoisotopic (exact) mass is 410 g/mol. The number of aryl methyl sites for hydroxylation is 1. The molecule has 0 spiro atoms. The molecule has 0 aliphatic rings. The highest BCUT2D eigenvalue weighted by atomic mass is 35.5. The molecule has 1 heterocycles. The third-order valence-corrected chi connectivity index (χ3v) is 5.19. The largest absolute Gasteiger partial charge is 0.326 e. The van der Waals surface area contributed by atoms with E-state index in [1.165, 1.54) is 5.56 Å². The van der Waals surface area contributed by atoms with E-state index in [-0.39, 0.29) is 12.3 Å². The number of carbonyl (C=O) groups is 1. The molecule has 6 heteroatoms. The molecule has 0 fully saturated rings. The molecule has 3 rings (SSSR count). The van der Waals surface area contributed by atoms with Crippen molar-refractivity contribution in [1.29, 1.82) is 0 Å². The molecular weight excluding hydrogens is 384 g/mol. The second-order valence-corrected chi connectivity index (χ2v) is 7.95. The van der Waals surface area contributed by atoms with Gasteiger partial charge in [0.1, 0.15) is 0 Å². The molecule has 0 aliphatic carbocycles. The Morgan fingerprint density at radius 3 is 2.34 bits per heavy atom. The van der Waals surface area contributed by atoms with Crippen molar-refractivity contribution in [2.75, 3.05) is 26.0 Å². The van der Waals surface area contributed by atoms with Gasteiger partial charge in [-0.05, 0) is 76.3 Å². The minimum absolute atomic E-state index is 0.0482. The Morgan fingerprint density at radius 2 is 1.72 bits per heavy atom. The van der Waals surface area contributed by atoms with E-state index in [1.54, 1.807) is 0 Å². The number of halogens is 1. The van der Waals surface area contributed by atoms with Crippen molar-refractivity contribution in [2.45, 2.75) is 26.7 Å². The van der Waals surface area contributed by atoms with E-state index in [1.807, 2.05) is 54.9 Å². The van der Waals surface area contributed by atoms with E-state index in [0.717, 1.165) is 41.3 Å². The smallest absolute Gasteiger partial charge is 0.228 e. The van der Waals surface area contributed by atoms with Gasteiger partial charge in [-0.15, -0.1) is 0 Å². The minimum Gasteiger partial charge on any atom is -0.326 e. The second kappa shape index (κ2) is 9.25. The molecule has 152 valence electrons. The van der Waals surface area contributed by atoms with Gasteiger partial charge in [0.25, 0.3) is 0 Å². The average Bonchev–Trinajstić information content (AvgIpc) is 2.96. The van der Waals surface area contributed by atoms with Crippen LogP contribution in [0.3, 0.4) is 0 Å². The number of aromatic nitrogens is 2. The summed E-state index contributed by atoms with van der Waals surface area (Å²) in [6.45, 7) is 4.92. The molecule has 0 saturated heterocycles. The van der Waals surface area contributed by atoms with Crippen molar-refractivity contribution in [3.63, 3.8) is 0 Å². The molecule has 5 nitrogen and oxygen atoms in total. The van der Waals surface area contributed by atoms with Crippen LogP contribution in [0.2, 0.25) is 5.02 Å². The predicted molar refractivity (Wildman–Crippen MR) is 119 cm³/mol. The van der Waals surface area contributed by atoms with E-state index in [0.29, 0.717) is 5.02 Å². The number of benzene rings is 2. The summed E-state index contributed by atoms with van der Waals surface area (Å²) in [6, 6.07) is 15.6. The van der Waals surface area contributed by atoms with E-state index < -0.39 is 0 Å². The summed E-state index contributed by atoms with van der Waals surface area (Å²) in [7, 11) is 4.13. The number of amides is 1. The van der Waals surface area contributed by atoms with Crippen LogP contribution in [-0.4, -0.2) is 41.2 Å². The summed E-state index contributed by atoms with van der Waals surface area (Å²) in [5.41, 5.74) is 5.75. The van der Waals surface area contributed by atoms with Crippen LogP contribution >= 0.6 is 11.6 Å². The lowest BCUT2D eigenvalue weighted by atomic mass is 10.1. The van der Waals surface area contributed by atoms with Crippen LogP contribution in [0.5, 0.6) is 0 Å². The summed E-state index contributed by atoms with van der Waals surface area (Å²) < 4.78 is 1.85. The number of likely N-dealkylation sites (N-methyl/N-ethyl adjacent to an activating group) is 1. The van der Waals surface area contributed by atoms with Gasteiger partial charge in [0.05, 0.1) is 17.8 Å². The lowest BCUT2D eigenvalue weighted by molar-refractivity contribution is -0.115. The number of hydrogen-bond donors (Lipinski definition) is 1. The summed E-state index contributed by atoms with van der Waals surface area (Å²) in [5, 5.41) is 8.28. The Morgan fingerprint density at radius 1 is 1.07 bits per heavy atom. The molecular formula is C23H27ClN4O. The molecule has 0 unspecified atom stereocenters. The third kappa shape index (κ3) is 5.46. The van der Waals surface area contributed by atoms with Gasteiger partial charge in [-0.3, -0.25) is 4.79 Å². The standard InChI is InChI=1S/C23H27ClN4O/c1-16-22(17(2)28(26-16)21-11-7-19(24)8-12-21)15-23(29)25-20-9-5-18(6-10-20)13-14-27(3)4/h5-12H,13-15H2,1-4H3,(H,25,29). The zero-order valence-electron chi connectivity index (χ0n) is 17.4. The summed E-state index contributed by atoms with van der Waals surface area (Å²) in [4.78, 5) is 14.8. The molecule has 0 aliphatic heterocycles. The fourth-order valence-electron chi connectivity index (χ4n) is 3.24. The Bertz CT molecular complexity index is 975. The fourth-order valence-corrected chi connectivity index (χ4v) is 3.36. The Labute approximate surface area is 177 Å². The Hall–Kier alpha value is -2.63. The summed E-state index contributed by atoms with van der Waals surface area (Å²) in [6.07, 6.45) is 1.27. The van der Waals surface area contributed by atoms with Crippen LogP contribution in [0.25, 0.3) is 5.69 Å². The molecule has 0 bridgehead atoms. The van der Waals surface area contributed by atoms with Crippen LogP contribution in [0.4, 0.5) is 5.69 Å². The molecule has 29 heavy (non-hydrogen) atoms. The van der Waals surface area contributed by atoms with Gasteiger partial charge in [0, 0.05) is 28.5 Å². The molecule has 0 radical (unpaired) electrons. The van der Waals surface area contributed by atoms with Crippen molar-refractivity contribution < 1.29 is 4.79 Å². The SMILES string of the molecule is Cc1nn(-c2ccc(Cl)cc2)c(C)c1CC(=O)Nc1ccc(CCN(C)C)cc1. The van der Waals surface area contributed by atoms with Crippen LogP contribution in [0.15, 0.2) is 48.5 Å². The highest BCUT2D eigenvalue weighted by molar-refractivity contribution is 6.30. The van der Waals surface area contributed by atoms with E-state index >= 15 is 0 Å². The zero-order valence-corrected chi connectivity index (χ0v) is 18.1. The van der Waals surface area contributed by atoms with Gasteiger partial charge in [0.15, 0.2) is 0 Å². The van der Waals surface area contributed by atoms with E-state index in [2.05, 4.69) is 41.5 Å². The van der Waals surface area contributed by atoms with E-state index in [4.69, 9.17) is 11.6 Å². The number of carbonyl (C=O) groups excluding carboxylic acids is 1. The first-order valence-corrected chi connectivity index (χ1v) is 10.1. The van der Waals surface area contributed by atoms with Gasteiger partial charge in [-0.25, -0.2) is 4.68 Å². The van der Waals surface area contributed by atoms with Gasteiger partial charge < -0.3 is 10.2 Å². The van der Waals surface area contributed by atoms with Gasteiger partial charge in [0.2, 0.25) is 5.91 Å². The number of nitrogens with one attached hydrogen (secondary N) is 1. The number of rotatable bonds is 7. The molecule has 1 aromatic heterocycles. The van der Waals surface area contributed by atoms with Gasteiger partial charge in [-0.2, -0.15) is 5.10 Å². The van der Waals surface area contributed by atoms with Gasteiger partial charge >= 0.3 is 0 Å². The van der Waals surface area contributed by atoms with Crippen LogP contribution in [0, 0.1) is 13.8 Å². The lowest BCUT2D eigenvalue weighted by Gasteiger charge is -2.10. The Balaban J connectivity index is 1.67. The first-order valence-electron chi connectivity index (χ1n) is 9.68. The minimum atomic E-state index is -0.0482. The zero-order chi connectivity index (χ0) is 21.0. The second-order valence-electron chi connectivity index (χ2n) is 7.51. The summed E-state index contributed by atoms with van der Waals surface area (Å²) >= 11 is 5.98. The van der Waals surface area contributed by atoms with Crippen LogP contribution < -0.4 is 5.32 Å². The highest BCUT2D eigenvalue weighted by Gasteiger charge is 2.16. The maximum atomic E-state index is 12.6. The Kier molecular flexibility index (Phi) is 6.72. The topological polar surface area (TPSA) is 50.2 Å². The molecule has 0 saturated carbocycles. The first kappa shape index (κ1) is 21.1. The van der Waals surface area contributed by atoms with Crippen molar-refractivity contribution in [1.82, 2.24) is 14.7 Å². The van der Waals surface area contributed by atoms with Gasteiger partial charge in [-0.1, -0.05) is 23.7 Å². The van der Waals surface area contributed by atoms with E-state index in [9.17, 15) is 4.79 Å². The third-order valence-electron chi connectivity index (χ3n) is 4.94. The average molecular weight is 411 g/mol. The molecule has 2 aromatic carbocycles. The number of hydrogen-bond acceptors (Lipinski definition) is 3. The number of anilines is 1. The molecule has 1 N–H and O–H groups in total. The molecule has 3 aromatic rings. The van der Waals surface area contributed by atoms with Crippen molar-refractivity contribution >= 4 is 23.2 Å². The molecule has 0 atom stereocenters. The lowest BCUT2D eigenvalue weighted by Crippen LogP contribution is -2.16. The molecule has 1 amide bonds. The fraction of sp³-hybridized carbons (Fsp3) is 0.304.